The molecule has 5 rings (SSSR count). The van der Waals surface area contributed by atoms with Crippen LogP contribution < -0.4 is 15.2 Å². The molecule has 3 heterocycles. The Morgan fingerprint density at radius 3 is 2.67 bits per heavy atom. The first-order valence-electron chi connectivity index (χ1n) is 12.8. The van der Waals surface area contributed by atoms with Crippen molar-refractivity contribution in [1.82, 2.24) is 30.3 Å². The maximum Gasteiger partial charge on any atom is 0.244 e. The van der Waals surface area contributed by atoms with E-state index in [4.69, 9.17) is 22.1 Å². The summed E-state index contributed by atoms with van der Waals surface area (Å²) < 4.78 is 33.2. The minimum atomic E-state index is -0.857. The van der Waals surface area contributed by atoms with Gasteiger partial charge in [-0.3, -0.25) is 15.3 Å². The number of rotatable bonds is 8. The van der Waals surface area contributed by atoms with Crippen molar-refractivity contribution in [2.45, 2.75) is 18.9 Å². The maximum atomic E-state index is 14.1. The van der Waals surface area contributed by atoms with Crippen molar-refractivity contribution >= 4 is 28.7 Å². The molecule has 1 fully saturated rings. The third-order valence-electron chi connectivity index (χ3n) is 7.40. The molecule has 0 amide bonds. The Morgan fingerprint density at radius 1 is 1.18 bits per heavy atom. The van der Waals surface area contributed by atoms with Crippen LogP contribution in [0.25, 0.3) is 0 Å². The summed E-state index contributed by atoms with van der Waals surface area (Å²) >= 11 is 5.83. The molecule has 2 aliphatic heterocycles. The van der Waals surface area contributed by atoms with Gasteiger partial charge in [-0.05, 0) is 36.8 Å². The fourth-order valence-corrected chi connectivity index (χ4v) is 5.60. The predicted octanol–water partition coefficient (Wildman–Crippen LogP) is 3.85. The van der Waals surface area contributed by atoms with Gasteiger partial charge in [0.25, 0.3) is 0 Å². The van der Waals surface area contributed by atoms with Crippen molar-refractivity contribution in [3.8, 4) is 0 Å². The lowest BCUT2D eigenvalue weighted by Gasteiger charge is -2.28. The highest BCUT2D eigenvalue weighted by Gasteiger charge is 2.42. The summed E-state index contributed by atoms with van der Waals surface area (Å²) in [4.78, 5) is 2.24. The maximum absolute atomic E-state index is 14.1. The zero-order chi connectivity index (χ0) is 27.6. The number of benzene rings is 2. The van der Waals surface area contributed by atoms with Crippen molar-refractivity contribution in [3.63, 3.8) is 0 Å². The largest absolute Gasteiger partial charge is 0.383 e. The molecule has 3 aromatic rings. The first-order chi connectivity index (χ1) is 18.8. The molecular formula is C28H32F2N7OS+. The smallest absolute Gasteiger partial charge is 0.244 e. The number of hydrogen-bond donors (Lipinski definition) is 3. The minimum absolute atomic E-state index is 0.0944. The van der Waals surface area contributed by atoms with E-state index in [0.717, 1.165) is 40.5 Å². The number of quaternary nitrogens is 1. The highest BCUT2D eigenvalue weighted by atomic mass is 32.1. The molecule has 8 nitrogen and oxygen atoms in total. The van der Waals surface area contributed by atoms with Crippen molar-refractivity contribution < 1.29 is 13.5 Å². The van der Waals surface area contributed by atoms with Crippen LogP contribution in [-0.4, -0.2) is 72.4 Å². The van der Waals surface area contributed by atoms with Gasteiger partial charge in [0.1, 0.15) is 12.8 Å². The van der Waals surface area contributed by atoms with Gasteiger partial charge in [0.2, 0.25) is 5.82 Å². The van der Waals surface area contributed by atoms with Gasteiger partial charge in [-0.1, -0.05) is 29.4 Å². The minimum Gasteiger partial charge on any atom is -0.383 e. The van der Waals surface area contributed by atoms with E-state index in [9.17, 15) is 8.78 Å². The second-order valence-electron chi connectivity index (χ2n) is 9.94. The fraction of sp³-hybridized carbons (Fsp3) is 0.321. The van der Waals surface area contributed by atoms with E-state index in [1.165, 1.54) is 12.1 Å². The van der Waals surface area contributed by atoms with E-state index in [1.807, 2.05) is 50.5 Å². The highest BCUT2D eigenvalue weighted by Crippen LogP contribution is 2.35. The lowest BCUT2D eigenvalue weighted by atomic mass is 9.94. The Hall–Kier alpha value is -3.51. The summed E-state index contributed by atoms with van der Waals surface area (Å²) in [6, 6.07) is 14.0. The number of nitrogens with zero attached hydrogens (tertiary/aromatic N) is 4. The van der Waals surface area contributed by atoms with Crippen LogP contribution in [0.3, 0.4) is 0 Å². The number of allylic oxidation sites excluding steroid dienone is 1. The van der Waals surface area contributed by atoms with Gasteiger partial charge in [0.05, 0.1) is 18.4 Å². The molecule has 2 aliphatic rings. The Labute approximate surface area is 231 Å². The molecule has 0 aliphatic carbocycles. The monoisotopic (exact) mass is 552 g/mol. The molecule has 0 spiro atoms. The summed E-state index contributed by atoms with van der Waals surface area (Å²) in [6.07, 6.45) is 3.56. The first-order valence-corrected chi connectivity index (χ1v) is 13.2. The van der Waals surface area contributed by atoms with E-state index in [2.05, 4.69) is 25.7 Å². The normalized spacial score (nSPS) is 23.3. The second kappa shape index (κ2) is 11.3. The highest BCUT2D eigenvalue weighted by molar-refractivity contribution is 7.80. The average molecular weight is 553 g/mol. The van der Waals surface area contributed by atoms with Crippen LogP contribution in [0.2, 0.25) is 0 Å². The quantitative estimate of drug-likeness (QED) is 0.291. The van der Waals surface area contributed by atoms with Gasteiger partial charge < -0.3 is 10.1 Å². The van der Waals surface area contributed by atoms with Crippen molar-refractivity contribution in [2.75, 3.05) is 40.4 Å². The molecule has 0 saturated carbocycles. The van der Waals surface area contributed by atoms with Gasteiger partial charge >= 0.3 is 0 Å². The van der Waals surface area contributed by atoms with Crippen LogP contribution in [0.4, 0.5) is 14.5 Å². The van der Waals surface area contributed by atoms with Crippen LogP contribution in [0.5, 0.6) is 0 Å². The number of aromatic nitrogens is 2. The number of thiocarbonyl (C=S) groups is 1. The summed E-state index contributed by atoms with van der Waals surface area (Å²) in [6.45, 7) is 4.66. The van der Waals surface area contributed by atoms with Gasteiger partial charge in [0.15, 0.2) is 22.4 Å². The third kappa shape index (κ3) is 5.48. The Bertz CT molecular complexity index is 1400. The number of hydrogen-bond acceptors (Lipinski definition) is 5. The Morgan fingerprint density at radius 2 is 1.97 bits per heavy atom. The first kappa shape index (κ1) is 27.1. The van der Waals surface area contributed by atoms with E-state index < -0.39 is 11.6 Å². The van der Waals surface area contributed by atoms with E-state index in [-0.39, 0.29) is 16.6 Å². The molecule has 11 heteroatoms. The molecule has 0 bridgehead atoms. The molecule has 1 unspecified atom stereocenters. The zero-order valence-electron chi connectivity index (χ0n) is 22.1. The number of aromatic amines is 1. The van der Waals surface area contributed by atoms with Gasteiger partial charge in [-0.25, -0.2) is 8.78 Å². The molecule has 204 valence electrons. The number of nitrogens with one attached hydrogen (secondary N) is 3. The third-order valence-corrected chi connectivity index (χ3v) is 7.62. The topological polar surface area (TPSA) is 77.6 Å². The van der Waals surface area contributed by atoms with Crippen molar-refractivity contribution in [2.24, 2.45) is 5.10 Å². The lowest BCUT2D eigenvalue weighted by Crippen LogP contribution is -2.50. The van der Waals surface area contributed by atoms with E-state index in [0.29, 0.717) is 24.8 Å². The van der Waals surface area contributed by atoms with Crippen molar-refractivity contribution in [1.29, 1.82) is 0 Å². The Kier molecular flexibility index (Phi) is 7.85. The van der Waals surface area contributed by atoms with Gasteiger partial charge in [-0.2, -0.15) is 5.10 Å². The molecule has 3 N–H and O–H groups in total. The van der Waals surface area contributed by atoms with E-state index in [1.54, 1.807) is 19.4 Å². The SMILES string of the molecule is COCCN1C[C@@H](NC(=S)NC2=C(C)C(c3cn[nH]c3)=N[N+]2(C)c2ccccc2)[C@H](c2ccc(F)c(F)c2)C1. The van der Waals surface area contributed by atoms with Crippen LogP contribution >= 0.6 is 12.2 Å². The second-order valence-corrected chi connectivity index (χ2v) is 10.3. The molecule has 0 radical (unpaired) electrons. The lowest BCUT2D eigenvalue weighted by molar-refractivity contribution is 0.159. The van der Waals surface area contributed by atoms with E-state index >= 15 is 0 Å². The van der Waals surface area contributed by atoms with Crippen LogP contribution in [0.15, 0.2) is 77.4 Å². The number of ether oxygens (including phenoxy) is 1. The van der Waals surface area contributed by atoms with Crippen LogP contribution in [0.1, 0.15) is 24.0 Å². The van der Waals surface area contributed by atoms with Crippen LogP contribution in [0, 0.1) is 11.6 Å². The van der Waals surface area contributed by atoms with Gasteiger partial charge in [0, 0.05) is 62.6 Å². The fourth-order valence-electron chi connectivity index (χ4n) is 5.35. The molecule has 39 heavy (non-hydrogen) atoms. The Balaban J connectivity index is 1.41. The zero-order valence-corrected chi connectivity index (χ0v) is 22.9. The number of H-pyrrole nitrogens is 1. The summed E-state index contributed by atoms with van der Waals surface area (Å²) in [7, 11) is 3.67. The number of para-hydroxylation sites is 1. The number of methoxy groups -OCH3 is 1. The predicted molar refractivity (Wildman–Crippen MR) is 152 cm³/mol. The summed E-state index contributed by atoms with van der Waals surface area (Å²) in [5.74, 6) is -0.991. The summed E-state index contributed by atoms with van der Waals surface area (Å²) in [5, 5.41) is 19.4. The molecule has 1 aromatic heterocycles. The average Bonchev–Trinajstić information content (AvgIpc) is 3.66. The molecule has 1 saturated heterocycles. The molecule has 3 atom stereocenters. The standard InChI is InChI=1S/C28H31F2N7OS/c1-18-26(20-14-31-32-15-20)35-37(2,21-7-5-4-6-8-21)27(18)34-28(39)33-25-17-36(11-12-38-3)16-22(25)19-9-10-23(29)24(30)13-19/h4-10,13-15,22,25H,11-12,16-17H2,1-3H3,(H2-,31,32,33,34,35,39)/p+1/t22-,25+,37?/m0/s1. The van der Waals surface area contributed by atoms with Crippen molar-refractivity contribution in [3.05, 3.63) is 95.1 Å². The number of halogens is 2. The number of likely N-dealkylation sites (tertiary alicyclic amines) is 1. The van der Waals surface area contributed by atoms with Crippen LogP contribution in [-0.2, 0) is 4.74 Å². The summed E-state index contributed by atoms with van der Waals surface area (Å²) in [5.41, 5.74) is 4.32. The molecular weight excluding hydrogens is 520 g/mol. The molecule has 2 aromatic carbocycles. The van der Waals surface area contributed by atoms with Gasteiger partial charge in [-0.15, -0.1) is 4.59 Å².